The van der Waals surface area contributed by atoms with Crippen molar-refractivity contribution in [1.82, 2.24) is 5.43 Å². The molecule has 3 N–H and O–H groups in total. The van der Waals surface area contributed by atoms with Crippen LogP contribution in [0, 0.1) is 5.92 Å². The predicted octanol–water partition coefficient (Wildman–Crippen LogP) is 2.89. The topological polar surface area (TPSA) is 38.0 Å². The highest BCUT2D eigenvalue weighted by Gasteiger charge is 2.07. The van der Waals surface area contributed by atoms with Gasteiger partial charge in [-0.25, -0.2) is 0 Å². The fourth-order valence-electron chi connectivity index (χ4n) is 1.83. The van der Waals surface area contributed by atoms with E-state index in [0.717, 1.165) is 18.8 Å². The van der Waals surface area contributed by atoms with Crippen molar-refractivity contribution in [3.05, 3.63) is 35.9 Å². The molecule has 0 saturated heterocycles. The first-order valence-corrected chi connectivity index (χ1v) is 6.22. The largest absolute Gasteiger partial charge is 0.271 e. The van der Waals surface area contributed by atoms with E-state index in [4.69, 9.17) is 5.84 Å². The number of nitrogens with two attached hydrogens (primary N) is 1. The Morgan fingerprint density at radius 1 is 1.06 bits per heavy atom. The van der Waals surface area contributed by atoms with Gasteiger partial charge in [-0.05, 0) is 37.2 Å². The molecule has 0 aliphatic heterocycles. The molecule has 0 bridgehead atoms. The molecule has 0 aliphatic carbocycles. The second kappa shape index (κ2) is 7.42. The average molecular weight is 220 g/mol. The first-order chi connectivity index (χ1) is 7.72. The minimum absolute atomic E-state index is 0.447. The Balaban J connectivity index is 2.28. The number of benzene rings is 1. The molecule has 0 aliphatic rings. The predicted molar refractivity (Wildman–Crippen MR) is 69.9 cm³/mol. The summed E-state index contributed by atoms with van der Waals surface area (Å²) in [5.74, 6) is 6.33. The van der Waals surface area contributed by atoms with Gasteiger partial charge in [0.05, 0.1) is 0 Å². The van der Waals surface area contributed by atoms with E-state index in [1.54, 1.807) is 0 Å². The maximum absolute atomic E-state index is 5.57. The van der Waals surface area contributed by atoms with Gasteiger partial charge in [-0.3, -0.25) is 11.3 Å². The molecule has 1 aromatic rings. The highest BCUT2D eigenvalue weighted by Crippen LogP contribution is 2.11. The smallest absolute Gasteiger partial charge is 0.0213 e. The minimum atomic E-state index is 0.447. The summed E-state index contributed by atoms with van der Waals surface area (Å²) >= 11 is 0. The van der Waals surface area contributed by atoms with Crippen LogP contribution in [0.4, 0.5) is 0 Å². The lowest BCUT2D eigenvalue weighted by Crippen LogP contribution is -2.35. The maximum atomic E-state index is 5.57. The van der Waals surface area contributed by atoms with Crippen molar-refractivity contribution in [2.24, 2.45) is 11.8 Å². The van der Waals surface area contributed by atoms with E-state index in [9.17, 15) is 0 Å². The summed E-state index contributed by atoms with van der Waals surface area (Å²) in [7, 11) is 0. The SMILES string of the molecule is CC(C)CCC(CCc1ccccc1)NN. The Bertz CT molecular complexity index is 269. The van der Waals surface area contributed by atoms with Gasteiger partial charge in [0.1, 0.15) is 0 Å². The second-order valence-corrected chi connectivity index (χ2v) is 4.86. The molecule has 0 spiro atoms. The van der Waals surface area contributed by atoms with Crippen LogP contribution >= 0.6 is 0 Å². The fraction of sp³-hybridized carbons (Fsp3) is 0.571. The molecular formula is C14H24N2. The van der Waals surface area contributed by atoms with Crippen molar-refractivity contribution in [2.75, 3.05) is 0 Å². The molecule has 0 aromatic heterocycles. The Morgan fingerprint density at radius 3 is 2.31 bits per heavy atom. The normalized spacial score (nSPS) is 13.0. The van der Waals surface area contributed by atoms with Crippen molar-refractivity contribution in [2.45, 2.75) is 45.6 Å². The standard InChI is InChI=1S/C14H24N2/c1-12(2)8-10-14(16-15)11-9-13-6-4-3-5-7-13/h3-7,12,14,16H,8-11,15H2,1-2H3. The van der Waals surface area contributed by atoms with Crippen LogP contribution in [-0.2, 0) is 6.42 Å². The Hall–Kier alpha value is -0.860. The Morgan fingerprint density at radius 2 is 1.75 bits per heavy atom. The number of nitrogens with one attached hydrogen (secondary N) is 1. The third-order valence-corrected chi connectivity index (χ3v) is 2.95. The molecule has 1 atom stereocenters. The molecule has 16 heavy (non-hydrogen) atoms. The van der Waals surface area contributed by atoms with Crippen molar-refractivity contribution >= 4 is 0 Å². The van der Waals surface area contributed by atoms with E-state index >= 15 is 0 Å². The lowest BCUT2D eigenvalue weighted by Gasteiger charge is -2.16. The van der Waals surface area contributed by atoms with Crippen LogP contribution in [0.2, 0.25) is 0 Å². The molecule has 0 heterocycles. The first-order valence-electron chi connectivity index (χ1n) is 6.22. The van der Waals surface area contributed by atoms with E-state index in [2.05, 4.69) is 49.6 Å². The lowest BCUT2D eigenvalue weighted by atomic mass is 9.98. The van der Waals surface area contributed by atoms with E-state index in [1.165, 1.54) is 18.4 Å². The molecule has 1 aromatic carbocycles. The van der Waals surface area contributed by atoms with Gasteiger partial charge in [-0.15, -0.1) is 0 Å². The van der Waals surface area contributed by atoms with Crippen LogP contribution in [0.1, 0.15) is 38.7 Å². The van der Waals surface area contributed by atoms with E-state index in [1.807, 2.05) is 0 Å². The molecule has 2 nitrogen and oxygen atoms in total. The molecule has 90 valence electrons. The van der Waals surface area contributed by atoms with E-state index in [-0.39, 0.29) is 0 Å². The monoisotopic (exact) mass is 220 g/mol. The van der Waals surface area contributed by atoms with Crippen molar-refractivity contribution in [3.63, 3.8) is 0 Å². The van der Waals surface area contributed by atoms with Gasteiger partial charge in [0, 0.05) is 6.04 Å². The maximum Gasteiger partial charge on any atom is 0.0213 e. The fourth-order valence-corrected chi connectivity index (χ4v) is 1.83. The zero-order valence-electron chi connectivity index (χ0n) is 10.4. The van der Waals surface area contributed by atoms with Crippen LogP contribution in [0.3, 0.4) is 0 Å². The van der Waals surface area contributed by atoms with E-state index < -0.39 is 0 Å². The number of hydrogen-bond donors (Lipinski definition) is 2. The summed E-state index contributed by atoms with van der Waals surface area (Å²) in [6.07, 6.45) is 4.63. The highest BCUT2D eigenvalue weighted by molar-refractivity contribution is 5.14. The summed E-state index contributed by atoms with van der Waals surface area (Å²) in [4.78, 5) is 0. The molecule has 0 amide bonds. The number of hydrazine groups is 1. The van der Waals surface area contributed by atoms with Crippen molar-refractivity contribution < 1.29 is 0 Å². The molecule has 1 unspecified atom stereocenters. The number of aryl methyl sites for hydroxylation is 1. The van der Waals surface area contributed by atoms with Gasteiger partial charge in [0.2, 0.25) is 0 Å². The lowest BCUT2D eigenvalue weighted by molar-refractivity contribution is 0.417. The highest BCUT2D eigenvalue weighted by atomic mass is 15.2. The average Bonchev–Trinajstić information content (AvgIpc) is 2.30. The molecule has 0 fully saturated rings. The summed E-state index contributed by atoms with van der Waals surface area (Å²) < 4.78 is 0. The minimum Gasteiger partial charge on any atom is -0.271 e. The molecule has 0 radical (unpaired) electrons. The van der Waals surface area contributed by atoms with Gasteiger partial charge in [0.15, 0.2) is 0 Å². The second-order valence-electron chi connectivity index (χ2n) is 4.86. The zero-order chi connectivity index (χ0) is 11.8. The van der Waals surface area contributed by atoms with Gasteiger partial charge >= 0.3 is 0 Å². The van der Waals surface area contributed by atoms with Crippen LogP contribution in [0.25, 0.3) is 0 Å². The van der Waals surface area contributed by atoms with Gasteiger partial charge in [0.25, 0.3) is 0 Å². The van der Waals surface area contributed by atoms with E-state index in [0.29, 0.717) is 6.04 Å². The van der Waals surface area contributed by atoms with Gasteiger partial charge in [-0.2, -0.15) is 0 Å². The summed E-state index contributed by atoms with van der Waals surface area (Å²) in [6, 6.07) is 11.0. The van der Waals surface area contributed by atoms with Crippen LogP contribution in [-0.4, -0.2) is 6.04 Å². The molecule has 0 saturated carbocycles. The zero-order valence-corrected chi connectivity index (χ0v) is 10.4. The summed E-state index contributed by atoms with van der Waals surface area (Å²) in [6.45, 7) is 4.51. The molecule has 1 rings (SSSR count). The van der Waals surface area contributed by atoms with Crippen LogP contribution < -0.4 is 11.3 Å². The quantitative estimate of drug-likeness (QED) is 0.548. The third kappa shape index (κ3) is 5.29. The molecular weight excluding hydrogens is 196 g/mol. The Labute approximate surface area is 99.2 Å². The van der Waals surface area contributed by atoms with Crippen molar-refractivity contribution in [1.29, 1.82) is 0 Å². The molecule has 2 heteroatoms. The third-order valence-electron chi connectivity index (χ3n) is 2.95. The summed E-state index contributed by atoms with van der Waals surface area (Å²) in [5, 5.41) is 0. The first kappa shape index (κ1) is 13.2. The van der Waals surface area contributed by atoms with Gasteiger partial charge < -0.3 is 0 Å². The summed E-state index contributed by atoms with van der Waals surface area (Å²) in [5.41, 5.74) is 4.32. The Kier molecular flexibility index (Phi) is 6.12. The van der Waals surface area contributed by atoms with Crippen LogP contribution in [0.5, 0.6) is 0 Å². The number of rotatable bonds is 7. The van der Waals surface area contributed by atoms with Crippen molar-refractivity contribution in [3.8, 4) is 0 Å². The number of hydrogen-bond acceptors (Lipinski definition) is 2. The van der Waals surface area contributed by atoms with Gasteiger partial charge in [-0.1, -0.05) is 44.2 Å². The van der Waals surface area contributed by atoms with Crippen LogP contribution in [0.15, 0.2) is 30.3 Å².